The van der Waals surface area contributed by atoms with E-state index in [1.807, 2.05) is 42.6 Å². The molecule has 1 aliphatic heterocycles. The van der Waals surface area contributed by atoms with Crippen LogP contribution >= 0.6 is 23.5 Å². The van der Waals surface area contributed by atoms with Gasteiger partial charge in [-0.05, 0) is 24.9 Å². The summed E-state index contributed by atoms with van der Waals surface area (Å²) in [6, 6.07) is 0. The molecule has 0 saturated carbocycles. The van der Waals surface area contributed by atoms with Crippen molar-refractivity contribution < 1.29 is 5.11 Å². The molecule has 1 N–H and O–H groups in total. The van der Waals surface area contributed by atoms with E-state index in [4.69, 9.17) is 0 Å². The third-order valence-corrected chi connectivity index (χ3v) is 4.60. The lowest BCUT2D eigenvalue weighted by molar-refractivity contribution is 0.240. The molecule has 1 heterocycles. The van der Waals surface area contributed by atoms with Gasteiger partial charge in [-0.3, -0.25) is 0 Å². The zero-order chi connectivity index (χ0) is 8.10. The number of aliphatic hydroxyl groups excluding tert-OH is 1. The number of aliphatic hydroxyl groups is 1. The predicted molar refractivity (Wildman–Crippen MR) is 54.1 cm³/mol. The smallest absolute Gasteiger partial charge is 0.0930 e. The molecule has 1 nitrogen and oxygen atoms in total. The molecule has 0 bridgehead atoms. The van der Waals surface area contributed by atoms with Gasteiger partial charge in [0.1, 0.15) is 0 Å². The maximum absolute atomic E-state index is 9.55. The van der Waals surface area contributed by atoms with Crippen LogP contribution in [0.2, 0.25) is 0 Å². The molecule has 3 heteroatoms. The number of allylic oxidation sites excluding steroid dienone is 1. The van der Waals surface area contributed by atoms with Gasteiger partial charge in [-0.25, -0.2) is 0 Å². The minimum atomic E-state index is -0.254. The Kier molecular flexibility index (Phi) is 4.41. The van der Waals surface area contributed by atoms with E-state index >= 15 is 0 Å². The van der Waals surface area contributed by atoms with Crippen LogP contribution in [0.5, 0.6) is 0 Å². The van der Waals surface area contributed by atoms with Gasteiger partial charge < -0.3 is 5.11 Å². The molecule has 0 aromatic heterocycles. The monoisotopic (exact) mass is 190 g/mol. The summed E-state index contributed by atoms with van der Waals surface area (Å²) < 4.78 is 0.375. The first-order chi connectivity index (χ1) is 5.34. The molecule has 64 valence electrons. The predicted octanol–water partition coefficient (Wildman–Crippen LogP) is 2.12. The largest absolute Gasteiger partial charge is 0.387 e. The van der Waals surface area contributed by atoms with E-state index in [1.54, 1.807) is 0 Å². The van der Waals surface area contributed by atoms with Gasteiger partial charge in [0.25, 0.3) is 0 Å². The van der Waals surface area contributed by atoms with Crippen molar-refractivity contribution in [2.24, 2.45) is 0 Å². The molecule has 1 saturated heterocycles. The molecule has 0 aromatic carbocycles. The van der Waals surface area contributed by atoms with E-state index in [0.29, 0.717) is 4.58 Å². The van der Waals surface area contributed by atoms with Crippen LogP contribution in [0.3, 0.4) is 0 Å². The van der Waals surface area contributed by atoms with Crippen molar-refractivity contribution in [3.05, 3.63) is 12.2 Å². The van der Waals surface area contributed by atoms with Crippen LogP contribution in [0.4, 0.5) is 0 Å². The average Bonchev–Trinajstić information content (AvgIpc) is 2.07. The first-order valence-electron chi connectivity index (χ1n) is 3.88. The van der Waals surface area contributed by atoms with Crippen LogP contribution in [-0.2, 0) is 0 Å². The minimum Gasteiger partial charge on any atom is -0.387 e. The van der Waals surface area contributed by atoms with E-state index < -0.39 is 0 Å². The Balaban J connectivity index is 2.32. The first kappa shape index (κ1) is 9.49. The second-order valence-electron chi connectivity index (χ2n) is 2.48. The molecular formula is C8H14OS2. The summed E-state index contributed by atoms with van der Waals surface area (Å²) in [4.78, 5) is 0. The number of hydrogen-bond donors (Lipinski definition) is 1. The Bertz CT molecular complexity index is 130. The van der Waals surface area contributed by atoms with Gasteiger partial charge in [-0.2, -0.15) is 0 Å². The zero-order valence-corrected chi connectivity index (χ0v) is 8.33. The average molecular weight is 190 g/mol. The number of rotatable bonds is 2. The van der Waals surface area contributed by atoms with Crippen molar-refractivity contribution in [3.63, 3.8) is 0 Å². The number of hydrogen-bond acceptors (Lipinski definition) is 3. The fraction of sp³-hybridized carbons (Fsp3) is 0.750. The molecule has 0 radical (unpaired) electrons. The third-order valence-electron chi connectivity index (χ3n) is 1.52. The van der Waals surface area contributed by atoms with E-state index in [-0.39, 0.29) is 6.10 Å². The lowest BCUT2D eigenvalue weighted by atomic mass is 10.4. The van der Waals surface area contributed by atoms with Crippen LogP contribution in [0.15, 0.2) is 12.2 Å². The summed E-state index contributed by atoms with van der Waals surface area (Å²) in [6.07, 6.45) is 4.82. The summed E-state index contributed by atoms with van der Waals surface area (Å²) in [5, 5.41) is 9.55. The molecule has 0 spiro atoms. The van der Waals surface area contributed by atoms with E-state index in [9.17, 15) is 5.11 Å². The fourth-order valence-corrected chi connectivity index (χ4v) is 3.80. The highest BCUT2D eigenvalue weighted by molar-refractivity contribution is 8.17. The van der Waals surface area contributed by atoms with Crippen molar-refractivity contribution in [3.8, 4) is 0 Å². The van der Waals surface area contributed by atoms with E-state index in [1.165, 1.54) is 17.9 Å². The molecule has 0 aromatic rings. The second kappa shape index (κ2) is 5.12. The summed E-state index contributed by atoms with van der Waals surface area (Å²) in [5.41, 5.74) is 0. The second-order valence-corrected chi connectivity index (χ2v) is 5.28. The molecule has 11 heavy (non-hydrogen) atoms. The van der Waals surface area contributed by atoms with Crippen LogP contribution in [0.25, 0.3) is 0 Å². The van der Waals surface area contributed by atoms with Crippen LogP contribution in [-0.4, -0.2) is 27.3 Å². The molecule has 0 amide bonds. The molecule has 1 atom stereocenters. The molecule has 1 rings (SSSR count). The Morgan fingerprint density at radius 3 is 2.64 bits per heavy atom. The minimum absolute atomic E-state index is 0.254. The van der Waals surface area contributed by atoms with Crippen molar-refractivity contribution >= 4 is 23.5 Å². The lowest BCUT2D eigenvalue weighted by Crippen LogP contribution is -2.21. The summed E-state index contributed by atoms with van der Waals surface area (Å²) in [5.74, 6) is 2.40. The Morgan fingerprint density at radius 1 is 1.45 bits per heavy atom. The van der Waals surface area contributed by atoms with Gasteiger partial charge in [0.2, 0.25) is 0 Å². The van der Waals surface area contributed by atoms with Crippen molar-refractivity contribution in [1.82, 2.24) is 0 Å². The van der Waals surface area contributed by atoms with Gasteiger partial charge >= 0.3 is 0 Å². The van der Waals surface area contributed by atoms with E-state index in [0.717, 1.165) is 0 Å². The number of thioether (sulfide) groups is 2. The maximum atomic E-state index is 9.55. The highest BCUT2D eigenvalue weighted by Gasteiger charge is 2.20. The highest BCUT2D eigenvalue weighted by Crippen LogP contribution is 2.33. The van der Waals surface area contributed by atoms with Gasteiger partial charge in [0.15, 0.2) is 0 Å². The fourth-order valence-electron chi connectivity index (χ4n) is 0.991. The first-order valence-corrected chi connectivity index (χ1v) is 5.98. The van der Waals surface area contributed by atoms with Crippen LogP contribution in [0.1, 0.15) is 13.3 Å². The normalized spacial score (nSPS) is 24.2. The zero-order valence-electron chi connectivity index (χ0n) is 6.69. The van der Waals surface area contributed by atoms with Gasteiger partial charge in [-0.1, -0.05) is 12.2 Å². The van der Waals surface area contributed by atoms with Gasteiger partial charge in [0, 0.05) is 0 Å². The molecule has 1 aliphatic rings. The molecule has 1 unspecified atom stereocenters. The summed E-state index contributed by atoms with van der Waals surface area (Å²) in [7, 11) is 0. The van der Waals surface area contributed by atoms with Gasteiger partial charge in [0.05, 0.1) is 10.7 Å². The van der Waals surface area contributed by atoms with E-state index in [2.05, 4.69) is 0 Å². The molecule has 0 aliphatic carbocycles. The maximum Gasteiger partial charge on any atom is 0.0930 e. The summed E-state index contributed by atoms with van der Waals surface area (Å²) >= 11 is 3.75. The third kappa shape index (κ3) is 3.09. The SMILES string of the molecule is C/C=C/C(O)C1SCCCS1. The molecular weight excluding hydrogens is 176 g/mol. The standard InChI is InChI=1S/C8H14OS2/c1-2-4-7(9)8-10-5-3-6-11-8/h2,4,7-9H,3,5-6H2,1H3/b4-2+. The summed E-state index contributed by atoms with van der Waals surface area (Å²) in [6.45, 7) is 1.95. The topological polar surface area (TPSA) is 20.2 Å². The van der Waals surface area contributed by atoms with Crippen LogP contribution < -0.4 is 0 Å². The Morgan fingerprint density at radius 2 is 2.09 bits per heavy atom. The van der Waals surface area contributed by atoms with Crippen molar-refractivity contribution in [2.45, 2.75) is 24.0 Å². The lowest BCUT2D eigenvalue weighted by Gasteiger charge is -2.23. The Hall–Kier alpha value is 0.400. The highest BCUT2D eigenvalue weighted by atomic mass is 32.2. The van der Waals surface area contributed by atoms with Crippen LogP contribution in [0, 0.1) is 0 Å². The van der Waals surface area contributed by atoms with Gasteiger partial charge in [-0.15, -0.1) is 23.5 Å². The quantitative estimate of drug-likeness (QED) is 0.674. The van der Waals surface area contributed by atoms with Crippen molar-refractivity contribution in [1.29, 1.82) is 0 Å². The Labute approximate surface area is 76.6 Å². The molecule has 1 fully saturated rings. The van der Waals surface area contributed by atoms with Crippen molar-refractivity contribution in [2.75, 3.05) is 11.5 Å².